The van der Waals surface area contributed by atoms with Crippen molar-refractivity contribution in [2.24, 2.45) is 17.6 Å². The lowest BCUT2D eigenvalue weighted by atomic mass is 9.98. The van der Waals surface area contributed by atoms with Gasteiger partial charge < -0.3 is 10.6 Å². The van der Waals surface area contributed by atoms with Crippen LogP contribution in [-0.2, 0) is 4.79 Å². The molecule has 1 saturated heterocycles. The summed E-state index contributed by atoms with van der Waals surface area (Å²) in [6, 6.07) is 4.12. The minimum absolute atomic E-state index is 0.0466. The van der Waals surface area contributed by atoms with Crippen molar-refractivity contribution < 1.29 is 14.0 Å². The second-order valence-electron chi connectivity index (χ2n) is 4.83. The van der Waals surface area contributed by atoms with Crippen LogP contribution in [0.3, 0.4) is 0 Å². The second kappa shape index (κ2) is 5.28. The van der Waals surface area contributed by atoms with Crippen LogP contribution in [0.15, 0.2) is 22.7 Å². The number of benzene rings is 1. The molecule has 1 aliphatic rings. The number of rotatable bonds is 2. The Morgan fingerprint density at radius 2 is 2.11 bits per heavy atom. The van der Waals surface area contributed by atoms with E-state index in [9.17, 15) is 14.0 Å². The monoisotopic (exact) mass is 328 g/mol. The highest BCUT2D eigenvalue weighted by molar-refractivity contribution is 9.10. The van der Waals surface area contributed by atoms with Crippen LogP contribution < -0.4 is 5.73 Å². The molecule has 0 saturated carbocycles. The van der Waals surface area contributed by atoms with E-state index in [4.69, 9.17) is 5.73 Å². The van der Waals surface area contributed by atoms with Crippen LogP contribution >= 0.6 is 15.9 Å². The van der Waals surface area contributed by atoms with E-state index < -0.39 is 5.82 Å². The summed E-state index contributed by atoms with van der Waals surface area (Å²) in [6.45, 7) is 2.70. The van der Waals surface area contributed by atoms with Crippen molar-refractivity contribution >= 4 is 27.7 Å². The zero-order valence-corrected chi connectivity index (χ0v) is 12.0. The van der Waals surface area contributed by atoms with Gasteiger partial charge in [0.25, 0.3) is 5.91 Å². The van der Waals surface area contributed by atoms with Crippen molar-refractivity contribution in [1.29, 1.82) is 0 Å². The Balaban J connectivity index is 2.17. The third kappa shape index (κ3) is 2.78. The number of amides is 2. The quantitative estimate of drug-likeness (QED) is 0.899. The molecule has 1 fully saturated rings. The van der Waals surface area contributed by atoms with Crippen molar-refractivity contribution in [2.75, 3.05) is 13.1 Å². The first-order chi connectivity index (χ1) is 8.90. The summed E-state index contributed by atoms with van der Waals surface area (Å²) in [4.78, 5) is 25.1. The maximum atomic E-state index is 13.1. The normalized spacial score (nSPS) is 22.6. The number of likely N-dealkylation sites (tertiary alicyclic amines) is 1. The van der Waals surface area contributed by atoms with Gasteiger partial charge in [0, 0.05) is 18.7 Å². The Labute approximate surface area is 118 Å². The zero-order chi connectivity index (χ0) is 14.2. The van der Waals surface area contributed by atoms with E-state index in [-0.39, 0.29) is 28.1 Å². The van der Waals surface area contributed by atoms with Gasteiger partial charge in [-0.15, -0.1) is 0 Å². The van der Waals surface area contributed by atoms with Crippen LogP contribution in [0.4, 0.5) is 4.39 Å². The first-order valence-electron chi connectivity index (χ1n) is 5.93. The molecule has 1 aromatic rings. The molecule has 1 heterocycles. The smallest absolute Gasteiger partial charge is 0.253 e. The highest BCUT2D eigenvalue weighted by Crippen LogP contribution is 2.25. The first-order valence-corrected chi connectivity index (χ1v) is 6.73. The minimum Gasteiger partial charge on any atom is -0.369 e. The Morgan fingerprint density at radius 3 is 2.63 bits per heavy atom. The largest absolute Gasteiger partial charge is 0.369 e. The third-order valence-corrected chi connectivity index (χ3v) is 4.04. The van der Waals surface area contributed by atoms with Gasteiger partial charge in [0.05, 0.1) is 10.4 Å². The molecule has 4 nitrogen and oxygen atoms in total. The molecule has 0 unspecified atom stereocenters. The van der Waals surface area contributed by atoms with E-state index in [0.717, 1.165) is 0 Å². The molecule has 19 heavy (non-hydrogen) atoms. The maximum Gasteiger partial charge on any atom is 0.253 e. The van der Waals surface area contributed by atoms with Gasteiger partial charge in [-0.05, 0) is 40.0 Å². The van der Waals surface area contributed by atoms with Crippen LogP contribution in [0.1, 0.15) is 17.3 Å². The first kappa shape index (κ1) is 14.0. The fraction of sp³-hybridized carbons (Fsp3) is 0.385. The molecule has 0 radical (unpaired) electrons. The number of carbonyl (C=O) groups is 2. The summed E-state index contributed by atoms with van der Waals surface area (Å²) in [5.74, 6) is -1.28. The van der Waals surface area contributed by atoms with Gasteiger partial charge in [0.15, 0.2) is 0 Å². The molecule has 2 rings (SSSR count). The summed E-state index contributed by atoms with van der Waals surface area (Å²) in [7, 11) is 0. The maximum absolute atomic E-state index is 13.1. The summed E-state index contributed by atoms with van der Waals surface area (Å²) in [5.41, 5.74) is 5.69. The Bertz CT molecular complexity index is 535. The molecule has 1 aliphatic heterocycles. The SMILES string of the molecule is C[C@@H]1CN(C(=O)c2ccc(F)c(Br)c2)C[C@H]1C(N)=O. The van der Waals surface area contributed by atoms with Crippen molar-refractivity contribution in [3.05, 3.63) is 34.1 Å². The molecule has 0 bridgehead atoms. The molecule has 0 aromatic heterocycles. The van der Waals surface area contributed by atoms with Crippen molar-refractivity contribution in [2.45, 2.75) is 6.92 Å². The standard InChI is InChI=1S/C13H14BrFN2O2/c1-7-5-17(6-9(7)12(16)18)13(19)8-2-3-11(15)10(14)4-8/h2-4,7,9H,5-6H2,1H3,(H2,16,18)/t7-,9-/m1/s1. The van der Waals surface area contributed by atoms with E-state index in [1.807, 2.05) is 6.92 Å². The van der Waals surface area contributed by atoms with Gasteiger partial charge in [0.2, 0.25) is 5.91 Å². The average molecular weight is 329 g/mol. The highest BCUT2D eigenvalue weighted by atomic mass is 79.9. The third-order valence-electron chi connectivity index (χ3n) is 3.43. The van der Waals surface area contributed by atoms with Gasteiger partial charge in [-0.2, -0.15) is 0 Å². The number of nitrogens with two attached hydrogens (primary N) is 1. The molecule has 2 N–H and O–H groups in total. The number of hydrogen-bond donors (Lipinski definition) is 1. The van der Waals surface area contributed by atoms with Crippen molar-refractivity contribution in [3.8, 4) is 0 Å². The fourth-order valence-corrected chi connectivity index (χ4v) is 2.69. The van der Waals surface area contributed by atoms with Gasteiger partial charge in [-0.25, -0.2) is 4.39 Å². The number of nitrogens with zero attached hydrogens (tertiary/aromatic N) is 1. The molecule has 0 aliphatic carbocycles. The Kier molecular flexibility index (Phi) is 3.89. The lowest BCUT2D eigenvalue weighted by Gasteiger charge is -2.16. The summed E-state index contributed by atoms with van der Waals surface area (Å²) in [5, 5.41) is 0. The number of halogens is 2. The molecule has 102 valence electrons. The van der Waals surface area contributed by atoms with Crippen LogP contribution in [0.25, 0.3) is 0 Å². The minimum atomic E-state index is -0.415. The molecular weight excluding hydrogens is 315 g/mol. The molecule has 0 spiro atoms. The van der Waals surface area contributed by atoms with Gasteiger partial charge in [-0.3, -0.25) is 9.59 Å². The van der Waals surface area contributed by atoms with Crippen LogP contribution in [0.2, 0.25) is 0 Å². The van der Waals surface area contributed by atoms with Gasteiger partial charge in [0.1, 0.15) is 5.82 Å². The predicted molar refractivity (Wildman–Crippen MR) is 71.9 cm³/mol. The van der Waals surface area contributed by atoms with Gasteiger partial charge >= 0.3 is 0 Å². The van der Waals surface area contributed by atoms with Crippen LogP contribution in [0, 0.1) is 17.7 Å². The van der Waals surface area contributed by atoms with Crippen LogP contribution in [-0.4, -0.2) is 29.8 Å². The number of carbonyl (C=O) groups excluding carboxylic acids is 2. The van der Waals surface area contributed by atoms with E-state index in [1.54, 1.807) is 4.90 Å². The lowest BCUT2D eigenvalue weighted by molar-refractivity contribution is -0.122. The molecule has 2 amide bonds. The van der Waals surface area contributed by atoms with E-state index in [1.165, 1.54) is 18.2 Å². The van der Waals surface area contributed by atoms with Crippen LogP contribution in [0.5, 0.6) is 0 Å². The number of hydrogen-bond acceptors (Lipinski definition) is 2. The summed E-state index contributed by atoms with van der Waals surface area (Å²) in [6.07, 6.45) is 0. The van der Waals surface area contributed by atoms with Gasteiger partial charge in [-0.1, -0.05) is 6.92 Å². The molecule has 6 heteroatoms. The molecule has 2 atom stereocenters. The summed E-state index contributed by atoms with van der Waals surface area (Å²) < 4.78 is 13.4. The zero-order valence-electron chi connectivity index (χ0n) is 10.4. The van der Waals surface area contributed by atoms with Crippen molar-refractivity contribution in [1.82, 2.24) is 4.90 Å². The average Bonchev–Trinajstić information content (AvgIpc) is 2.74. The Hall–Kier alpha value is -1.43. The van der Waals surface area contributed by atoms with E-state index in [0.29, 0.717) is 18.7 Å². The topological polar surface area (TPSA) is 63.4 Å². The molecular formula is C13H14BrFN2O2. The molecule has 1 aromatic carbocycles. The second-order valence-corrected chi connectivity index (χ2v) is 5.68. The van der Waals surface area contributed by atoms with E-state index in [2.05, 4.69) is 15.9 Å². The predicted octanol–water partition coefficient (Wildman–Crippen LogP) is 1.78. The Morgan fingerprint density at radius 1 is 1.42 bits per heavy atom. The van der Waals surface area contributed by atoms with Crippen molar-refractivity contribution in [3.63, 3.8) is 0 Å². The number of primary amides is 1. The highest BCUT2D eigenvalue weighted by Gasteiger charge is 2.36. The van der Waals surface area contributed by atoms with E-state index >= 15 is 0 Å². The lowest BCUT2D eigenvalue weighted by Crippen LogP contribution is -2.32. The fourth-order valence-electron chi connectivity index (χ4n) is 2.31. The summed E-state index contributed by atoms with van der Waals surface area (Å²) >= 11 is 3.05.